The fraction of sp³-hybridized carbons (Fsp3) is 1.00. The number of nitrogens with zero attached hydrogens (tertiary/aromatic N) is 1. The summed E-state index contributed by atoms with van der Waals surface area (Å²) < 4.78 is 24.0. The van der Waals surface area contributed by atoms with E-state index in [0.29, 0.717) is 6.54 Å². The highest BCUT2D eigenvalue weighted by atomic mass is 19.3. The third kappa shape index (κ3) is 2.38. The van der Waals surface area contributed by atoms with Gasteiger partial charge < -0.3 is 10.0 Å². The molecule has 72 valence electrons. The van der Waals surface area contributed by atoms with Crippen LogP contribution in [0.3, 0.4) is 0 Å². The second-order valence-corrected chi connectivity index (χ2v) is 3.55. The molecule has 0 bridgehead atoms. The second-order valence-electron chi connectivity index (χ2n) is 3.55. The average molecular weight is 179 g/mol. The fourth-order valence-corrected chi connectivity index (χ4v) is 1.88. The van der Waals surface area contributed by atoms with Crippen LogP contribution in [0.5, 0.6) is 0 Å². The van der Waals surface area contributed by atoms with Gasteiger partial charge in [0.1, 0.15) is 0 Å². The van der Waals surface area contributed by atoms with Gasteiger partial charge in [0.05, 0.1) is 0 Å². The molecule has 1 N–H and O–H groups in total. The van der Waals surface area contributed by atoms with Crippen molar-refractivity contribution in [3.8, 4) is 0 Å². The van der Waals surface area contributed by atoms with Crippen LogP contribution in [0, 0.1) is 11.8 Å². The van der Waals surface area contributed by atoms with Crippen LogP contribution in [0.4, 0.5) is 8.78 Å². The number of halogens is 2. The predicted molar refractivity (Wildman–Crippen MR) is 42.2 cm³/mol. The second kappa shape index (κ2) is 4.14. The van der Waals surface area contributed by atoms with Gasteiger partial charge >= 0.3 is 0 Å². The molecule has 0 aromatic heterocycles. The Hall–Kier alpha value is -0.220. The van der Waals surface area contributed by atoms with E-state index in [-0.39, 0.29) is 24.9 Å². The van der Waals surface area contributed by atoms with Gasteiger partial charge in [0.25, 0.3) is 0 Å². The van der Waals surface area contributed by atoms with Crippen molar-refractivity contribution in [1.29, 1.82) is 0 Å². The number of aliphatic hydroxyl groups excluding tert-OH is 1. The van der Waals surface area contributed by atoms with Crippen LogP contribution in [0.2, 0.25) is 0 Å². The Morgan fingerprint density at radius 3 is 2.50 bits per heavy atom. The Morgan fingerprint density at radius 2 is 2.00 bits per heavy atom. The maximum absolute atomic E-state index is 12.0. The lowest BCUT2D eigenvalue weighted by Gasteiger charge is -2.14. The maximum atomic E-state index is 12.0. The molecule has 2 nitrogen and oxygen atoms in total. The summed E-state index contributed by atoms with van der Waals surface area (Å²) in [6, 6.07) is 0. The largest absolute Gasteiger partial charge is 0.396 e. The summed E-state index contributed by atoms with van der Waals surface area (Å²) in [6.07, 6.45) is -2.31. The summed E-state index contributed by atoms with van der Waals surface area (Å²) in [6.45, 7) is 1.46. The molecule has 1 aliphatic rings. The Morgan fingerprint density at radius 1 is 1.42 bits per heavy atom. The number of hydrogen-bond donors (Lipinski definition) is 1. The summed E-state index contributed by atoms with van der Waals surface area (Å²) in [5, 5.41) is 8.90. The molecular formula is C8H15F2NO. The third-order valence-corrected chi connectivity index (χ3v) is 2.47. The van der Waals surface area contributed by atoms with Gasteiger partial charge in [0, 0.05) is 26.1 Å². The maximum Gasteiger partial charge on any atom is 0.239 e. The van der Waals surface area contributed by atoms with Crippen molar-refractivity contribution < 1.29 is 13.9 Å². The standard InChI is InChI=1S/C8H15F2NO/c1-11-3-6(2-8(9)10)7(4-11)5-12/h6-8,12H,2-5H2,1H3. The monoisotopic (exact) mass is 179 g/mol. The molecule has 0 radical (unpaired) electrons. The summed E-state index contributed by atoms with van der Waals surface area (Å²) in [7, 11) is 1.90. The van der Waals surface area contributed by atoms with Crippen LogP contribution >= 0.6 is 0 Å². The molecule has 0 saturated carbocycles. The zero-order chi connectivity index (χ0) is 9.14. The molecule has 0 aliphatic carbocycles. The van der Waals surface area contributed by atoms with Gasteiger partial charge in [-0.1, -0.05) is 0 Å². The lowest BCUT2D eigenvalue weighted by atomic mass is 9.94. The van der Waals surface area contributed by atoms with Crippen molar-refractivity contribution in [3.63, 3.8) is 0 Å². The van der Waals surface area contributed by atoms with Crippen molar-refractivity contribution in [1.82, 2.24) is 4.90 Å². The summed E-state index contributed by atoms with van der Waals surface area (Å²) in [5.74, 6) is 0.0176. The highest BCUT2D eigenvalue weighted by Crippen LogP contribution is 2.26. The van der Waals surface area contributed by atoms with Crippen molar-refractivity contribution >= 4 is 0 Å². The first-order chi connectivity index (χ1) is 5.63. The predicted octanol–water partition coefficient (Wildman–Crippen LogP) is 0.812. The molecule has 2 unspecified atom stereocenters. The van der Waals surface area contributed by atoms with Gasteiger partial charge in [-0.05, 0) is 18.9 Å². The molecule has 0 spiro atoms. The minimum atomic E-state index is -2.24. The Kier molecular flexibility index (Phi) is 3.40. The molecule has 1 saturated heterocycles. The van der Waals surface area contributed by atoms with Crippen molar-refractivity contribution in [3.05, 3.63) is 0 Å². The van der Waals surface area contributed by atoms with Gasteiger partial charge in [-0.3, -0.25) is 0 Å². The van der Waals surface area contributed by atoms with Crippen LogP contribution in [0.15, 0.2) is 0 Å². The zero-order valence-corrected chi connectivity index (χ0v) is 7.21. The smallest absolute Gasteiger partial charge is 0.239 e. The first-order valence-electron chi connectivity index (χ1n) is 4.21. The van der Waals surface area contributed by atoms with E-state index in [4.69, 9.17) is 5.11 Å². The van der Waals surface area contributed by atoms with Gasteiger partial charge in [-0.2, -0.15) is 0 Å². The lowest BCUT2D eigenvalue weighted by Crippen LogP contribution is -2.18. The van der Waals surface area contributed by atoms with Crippen LogP contribution in [0.1, 0.15) is 6.42 Å². The molecular weight excluding hydrogens is 164 g/mol. The minimum Gasteiger partial charge on any atom is -0.396 e. The van der Waals surface area contributed by atoms with Gasteiger partial charge in [-0.25, -0.2) is 8.78 Å². The molecule has 1 heterocycles. The molecule has 2 atom stereocenters. The highest BCUT2D eigenvalue weighted by molar-refractivity contribution is 4.82. The van der Waals surface area contributed by atoms with Gasteiger partial charge in [0.15, 0.2) is 0 Å². The molecule has 0 aromatic carbocycles. The van der Waals surface area contributed by atoms with E-state index in [9.17, 15) is 8.78 Å². The van der Waals surface area contributed by atoms with E-state index in [1.54, 1.807) is 0 Å². The van der Waals surface area contributed by atoms with E-state index >= 15 is 0 Å². The molecule has 1 aliphatic heterocycles. The number of alkyl halides is 2. The normalized spacial score (nSPS) is 31.8. The van der Waals surface area contributed by atoms with E-state index < -0.39 is 6.43 Å². The zero-order valence-electron chi connectivity index (χ0n) is 7.21. The van der Waals surface area contributed by atoms with E-state index in [1.165, 1.54) is 0 Å². The Balaban J connectivity index is 2.40. The summed E-state index contributed by atoms with van der Waals surface area (Å²) >= 11 is 0. The SMILES string of the molecule is CN1CC(CO)C(CC(F)F)C1. The van der Waals surface area contributed by atoms with Crippen molar-refractivity contribution in [2.45, 2.75) is 12.8 Å². The number of hydrogen-bond acceptors (Lipinski definition) is 2. The Labute approximate surface area is 71.2 Å². The minimum absolute atomic E-state index is 0.0278. The van der Waals surface area contributed by atoms with E-state index in [0.717, 1.165) is 6.54 Å². The molecule has 12 heavy (non-hydrogen) atoms. The number of likely N-dealkylation sites (tertiary alicyclic amines) is 1. The summed E-state index contributed by atoms with van der Waals surface area (Å²) in [4.78, 5) is 1.99. The topological polar surface area (TPSA) is 23.5 Å². The van der Waals surface area contributed by atoms with Gasteiger partial charge in [0.2, 0.25) is 6.43 Å². The third-order valence-electron chi connectivity index (χ3n) is 2.47. The molecule has 0 amide bonds. The van der Waals surface area contributed by atoms with Crippen LogP contribution in [0.25, 0.3) is 0 Å². The quantitative estimate of drug-likeness (QED) is 0.693. The first kappa shape index (κ1) is 9.86. The van der Waals surface area contributed by atoms with Crippen LogP contribution in [-0.4, -0.2) is 43.2 Å². The first-order valence-corrected chi connectivity index (χ1v) is 4.21. The number of rotatable bonds is 3. The van der Waals surface area contributed by atoms with Gasteiger partial charge in [-0.15, -0.1) is 0 Å². The highest BCUT2D eigenvalue weighted by Gasteiger charge is 2.31. The number of aliphatic hydroxyl groups is 1. The fourth-order valence-electron chi connectivity index (χ4n) is 1.88. The van der Waals surface area contributed by atoms with Crippen molar-refractivity contribution in [2.75, 3.05) is 26.7 Å². The van der Waals surface area contributed by atoms with E-state index in [2.05, 4.69) is 0 Å². The van der Waals surface area contributed by atoms with Crippen molar-refractivity contribution in [2.24, 2.45) is 11.8 Å². The molecule has 1 fully saturated rings. The molecule has 1 rings (SSSR count). The van der Waals surface area contributed by atoms with Crippen LogP contribution < -0.4 is 0 Å². The molecule has 4 heteroatoms. The van der Waals surface area contributed by atoms with Crippen LogP contribution in [-0.2, 0) is 0 Å². The lowest BCUT2D eigenvalue weighted by molar-refractivity contribution is 0.0960. The van der Waals surface area contributed by atoms with E-state index in [1.807, 2.05) is 11.9 Å². The Bertz CT molecular complexity index is 143. The summed E-state index contributed by atoms with van der Waals surface area (Å²) in [5.41, 5.74) is 0. The average Bonchev–Trinajstić information content (AvgIpc) is 2.29. The molecule has 0 aromatic rings.